The molecule has 0 saturated carbocycles. The molecule has 4 nitrogen and oxygen atoms in total. The van der Waals surface area contributed by atoms with Crippen LogP contribution in [0.25, 0.3) is 82.6 Å². The highest BCUT2D eigenvalue weighted by molar-refractivity contribution is 6.22. The van der Waals surface area contributed by atoms with Crippen LogP contribution < -0.4 is 10.6 Å². The Hall–Kier alpha value is -7.40. The van der Waals surface area contributed by atoms with E-state index in [0.29, 0.717) is 0 Å². The Morgan fingerprint density at radius 3 is 1.86 bits per heavy atom. The highest BCUT2D eigenvalue weighted by Gasteiger charge is 2.28. The molecular formula is C54H38N4. The number of hydrogen-bond acceptors (Lipinski definition) is 2. The average molecular weight is 743 g/mol. The lowest BCUT2D eigenvalue weighted by molar-refractivity contribution is 0.460. The number of para-hydroxylation sites is 2. The predicted molar refractivity (Wildman–Crippen MR) is 243 cm³/mol. The van der Waals surface area contributed by atoms with Crippen LogP contribution in [0.1, 0.15) is 17.3 Å². The molecule has 2 aliphatic rings. The van der Waals surface area contributed by atoms with E-state index in [2.05, 4.69) is 226 Å². The number of rotatable bonds is 5. The lowest BCUT2D eigenvalue weighted by Gasteiger charge is -2.36. The van der Waals surface area contributed by atoms with Crippen LogP contribution in [-0.2, 0) is 0 Å². The number of fused-ring (bicyclic) bond motifs is 9. The molecule has 0 saturated heterocycles. The Kier molecular flexibility index (Phi) is 7.40. The Labute approximate surface area is 336 Å². The summed E-state index contributed by atoms with van der Waals surface area (Å²) in [4.78, 5) is 0. The number of allylic oxidation sites excluding steroid dienone is 2. The molecule has 2 aromatic heterocycles. The maximum Gasteiger partial charge on any atom is 0.104 e. The normalized spacial score (nSPS) is 16.5. The quantitative estimate of drug-likeness (QED) is 0.184. The molecule has 10 aromatic rings. The SMILES string of the molecule is C1=CC2=C(c3ccccc3)NC(c3ccc(-n4c5ccccc5c5cc(-c6ccc7c(c6)c6c8ccccc8ccc6n7-c6ccccc6)ccc54)cc3)NC2C=C1. The molecule has 0 radical (unpaired) electrons. The Balaban J connectivity index is 0.953. The van der Waals surface area contributed by atoms with E-state index in [4.69, 9.17) is 0 Å². The van der Waals surface area contributed by atoms with Gasteiger partial charge in [-0.2, -0.15) is 0 Å². The number of benzene rings is 8. The summed E-state index contributed by atoms with van der Waals surface area (Å²) in [5, 5.41) is 15.2. The van der Waals surface area contributed by atoms with Gasteiger partial charge in [0.25, 0.3) is 0 Å². The Bertz CT molecular complexity index is 3330. The van der Waals surface area contributed by atoms with Crippen LogP contribution in [0.2, 0.25) is 0 Å². The maximum absolute atomic E-state index is 3.83. The van der Waals surface area contributed by atoms with E-state index in [0.717, 1.165) is 5.69 Å². The van der Waals surface area contributed by atoms with Crippen molar-refractivity contribution in [2.24, 2.45) is 0 Å². The largest absolute Gasteiger partial charge is 0.365 e. The van der Waals surface area contributed by atoms with Crippen molar-refractivity contribution in [3.63, 3.8) is 0 Å². The fraction of sp³-hybridized carbons (Fsp3) is 0.0370. The first-order chi connectivity index (χ1) is 28.8. The molecule has 3 heterocycles. The van der Waals surface area contributed by atoms with Crippen molar-refractivity contribution < 1.29 is 0 Å². The van der Waals surface area contributed by atoms with Crippen molar-refractivity contribution >= 4 is 60.1 Å². The van der Waals surface area contributed by atoms with E-state index in [1.165, 1.54) is 93.6 Å². The first kappa shape index (κ1) is 32.8. The molecule has 2 unspecified atom stereocenters. The third-order valence-corrected chi connectivity index (χ3v) is 12.2. The van der Waals surface area contributed by atoms with Crippen molar-refractivity contribution in [2.75, 3.05) is 0 Å². The molecular weight excluding hydrogens is 705 g/mol. The Morgan fingerprint density at radius 1 is 0.431 bits per heavy atom. The molecule has 12 rings (SSSR count). The molecule has 4 heteroatoms. The molecule has 274 valence electrons. The van der Waals surface area contributed by atoms with Crippen molar-refractivity contribution in [3.8, 4) is 22.5 Å². The van der Waals surface area contributed by atoms with E-state index in [-0.39, 0.29) is 12.2 Å². The summed E-state index contributed by atoms with van der Waals surface area (Å²) in [6.07, 6.45) is 8.67. The van der Waals surface area contributed by atoms with Gasteiger partial charge in [-0.15, -0.1) is 0 Å². The third kappa shape index (κ3) is 5.12. The minimum Gasteiger partial charge on any atom is -0.365 e. The highest BCUT2D eigenvalue weighted by Crippen LogP contribution is 2.41. The molecule has 58 heavy (non-hydrogen) atoms. The van der Waals surface area contributed by atoms with Gasteiger partial charge >= 0.3 is 0 Å². The molecule has 8 aromatic carbocycles. The number of hydrogen-bond donors (Lipinski definition) is 2. The second-order valence-corrected chi connectivity index (χ2v) is 15.4. The van der Waals surface area contributed by atoms with Crippen molar-refractivity contribution in [1.29, 1.82) is 0 Å². The number of nitrogens with zero attached hydrogens (tertiary/aromatic N) is 2. The molecule has 0 amide bonds. The first-order valence-electron chi connectivity index (χ1n) is 20.1. The van der Waals surface area contributed by atoms with Crippen LogP contribution in [-0.4, -0.2) is 15.2 Å². The summed E-state index contributed by atoms with van der Waals surface area (Å²) in [6.45, 7) is 0. The predicted octanol–water partition coefficient (Wildman–Crippen LogP) is 12.8. The molecule has 0 spiro atoms. The van der Waals surface area contributed by atoms with E-state index in [1.807, 2.05) is 0 Å². The van der Waals surface area contributed by atoms with Gasteiger partial charge in [0.2, 0.25) is 0 Å². The average Bonchev–Trinajstić information content (AvgIpc) is 3.82. The van der Waals surface area contributed by atoms with Crippen LogP contribution in [0, 0.1) is 0 Å². The molecule has 2 N–H and O–H groups in total. The lowest BCUT2D eigenvalue weighted by atomic mass is 9.92. The van der Waals surface area contributed by atoms with Crippen LogP contribution in [0.15, 0.2) is 212 Å². The highest BCUT2D eigenvalue weighted by atomic mass is 15.2. The second kappa shape index (κ2) is 13.1. The fourth-order valence-corrected chi connectivity index (χ4v) is 9.48. The van der Waals surface area contributed by atoms with Gasteiger partial charge in [0.05, 0.1) is 28.1 Å². The van der Waals surface area contributed by atoms with Crippen LogP contribution >= 0.6 is 0 Å². The summed E-state index contributed by atoms with van der Waals surface area (Å²) in [5.41, 5.74) is 14.4. The van der Waals surface area contributed by atoms with Gasteiger partial charge in [-0.1, -0.05) is 146 Å². The second-order valence-electron chi connectivity index (χ2n) is 15.4. The van der Waals surface area contributed by atoms with Crippen LogP contribution in [0.3, 0.4) is 0 Å². The van der Waals surface area contributed by atoms with Gasteiger partial charge in [-0.25, -0.2) is 0 Å². The number of aromatic nitrogens is 2. The fourth-order valence-electron chi connectivity index (χ4n) is 9.48. The van der Waals surface area contributed by atoms with Gasteiger partial charge in [-0.05, 0) is 99.3 Å². The smallest absolute Gasteiger partial charge is 0.104 e. The zero-order valence-corrected chi connectivity index (χ0v) is 31.7. The van der Waals surface area contributed by atoms with Gasteiger partial charge < -0.3 is 14.5 Å². The van der Waals surface area contributed by atoms with Gasteiger partial charge in [0.1, 0.15) is 6.17 Å². The van der Waals surface area contributed by atoms with Gasteiger partial charge in [0, 0.05) is 38.6 Å². The van der Waals surface area contributed by atoms with E-state index in [1.54, 1.807) is 0 Å². The molecule has 2 atom stereocenters. The summed E-state index contributed by atoms with van der Waals surface area (Å²) >= 11 is 0. The van der Waals surface area contributed by atoms with E-state index in [9.17, 15) is 0 Å². The topological polar surface area (TPSA) is 33.9 Å². The van der Waals surface area contributed by atoms with Crippen LogP contribution in [0.5, 0.6) is 0 Å². The molecule has 0 bridgehead atoms. The molecule has 1 aliphatic carbocycles. The summed E-state index contributed by atoms with van der Waals surface area (Å²) < 4.78 is 4.81. The molecule has 1 aliphatic heterocycles. The van der Waals surface area contributed by atoms with Crippen LogP contribution in [0.4, 0.5) is 0 Å². The summed E-state index contributed by atoms with van der Waals surface area (Å²) in [5.74, 6) is 0. The van der Waals surface area contributed by atoms with E-state index < -0.39 is 0 Å². The monoisotopic (exact) mass is 742 g/mol. The van der Waals surface area contributed by atoms with Crippen molar-refractivity contribution in [1.82, 2.24) is 19.8 Å². The standard InChI is InChI=1S/C54H38N4/c1-3-14-36(15-4-1)53-44-20-9-11-21-47(44)55-54(56-53)37-23-28-41(29-24-37)57-48-22-12-10-19-43(48)45-33-38(26-30-49(45)57)39-27-31-50-46(34-39)52-42-18-8-7-13-35(42)25-32-51(52)58(50)40-16-5-2-6-17-40/h1-34,47,54-56H. The van der Waals surface area contributed by atoms with Crippen molar-refractivity contribution in [3.05, 3.63) is 223 Å². The first-order valence-corrected chi connectivity index (χ1v) is 20.1. The third-order valence-electron chi connectivity index (χ3n) is 12.2. The van der Waals surface area contributed by atoms with Gasteiger partial charge in [0.15, 0.2) is 0 Å². The summed E-state index contributed by atoms with van der Waals surface area (Å²) in [7, 11) is 0. The minimum atomic E-state index is -0.0353. The maximum atomic E-state index is 3.83. The minimum absolute atomic E-state index is 0.0353. The van der Waals surface area contributed by atoms with E-state index >= 15 is 0 Å². The Morgan fingerprint density at radius 2 is 1.05 bits per heavy atom. The summed E-state index contributed by atoms with van der Waals surface area (Å²) in [6, 6.07) is 66.6. The number of nitrogens with one attached hydrogen (secondary N) is 2. The zero-order chi connectivity index (χ0) is 38.2. The zero-order valence-electron chi connectivity index (χ0n) is 31.7. The van der Waals surface area contributed by atoms with Crippen molar-refractivity contribution in [2.45, 2.75) is 12.2 Å². The molecule has 0 fully saturated rings. The lowest BCUT2D eigenvalue weighted by Crippen LogP contribution is -2.45. The van der Waals surface area contributed by atoms with Gasteiger partial charge in [-0.3, -0.25) is 5.32 Å².